The van der Waals surface area contributed by atoms with E-state index in [0.29, 0.717) is 0 Å². The molecule has 0 radical (unpaired) electrons. The number of rotatable bonds is 3. The van der Waals surface area contributed by atoms with Gasteiger partial charge in [0, 0.05) is 10.7 Å². The van der Waals surface area contributed by atoms with Gasteiger partial charge in [0.1, 0.15) is 0 Å². The first-order valence-electron chi connectivity index (χ1n) is 6.51. The average molecular weight is 267 g/mol. The third-order valence-electron chi connectivity index (χ3n) is 3.45. The summed E-state index contributed by atoms with van der Waals surface area (Å²) in [6, 6.07) is 17.2. The highest BCUT2D eigenvalue weighted by atomic mass is 32.1. The van der Waals surface area contributed by atoms with Crippen LogP contribution in [-0.2, 0) is 6.42 Å². The van der Waals surface area contributed by atoms with Crippen LogP contribution >= 0.6 is 11.3 Å². The number of hydrogen-bond acceptors (Lipinski definition) is 2. The summed E-state index contributed by atoms with van der Waals surface area (Å²) in [5.74, 6) is 0. The van der Waals surface area contributed by atoms with E-state index >= 15 is 0 Å². The smallest absolute Gasteiger partial charge is 0.0390 e. The zero-order valence-electron chi connectivity index (χ0n) is 11.0. The van der Waals surface area contributed by atoms with Crippen molar-refractivity contribution in [3.63, 3.8) is 0 Å². The molecule has 1 heterocycles. The standard InChI is InChI=1S/C17H17NS/c1-12-4-2-5-13(10-12)11-16(18)15-7-3-6-14-8-9-19-17(14)15/h2-10,16H,11,18H2,1H3. The molecule has 1 aromatic heterocycles. The first-order valence-corrected chi connectivity index (χ1v) is 7.39. The monoisotopic (exact) mass is 267 g/mol. The lowest BCUT2D eigenvalue weighted by Gasteiger charge is -2.13. The summed E-state index contributed by atoms with van der Waals surface area (Å²) in [7, 11) is 0. The topological polar surface area (TPSA) is 26.0 Å². The molecule has 1 unspecified atom stereocenters. The summed E-state index contributed by atoms with van der Waals surface area (Å²) in [6.07, 6.45) is 0.888. The van der Waals surface area contributed by atoms with Crippen molar-refractivity contribution < 1.29 is 0 Å². The fourth-order valence-electron chi connectivity index (χ4n) is 2.51. The van der Waals surface area contributed by atoms with Crippen molar-refractivity contribution in [2.45, 2.75) is 19.4 Å². The van der Waals surface area contributed by atoms with Crippen molar-refractivity contribution in [2.75, 3.05) is 0 Å². The Balaban J connectivity index is 1.91. The Morgan fingerprint density at radius 3 is 2.79 bits per heavy atom. The Morgan fingerprint density at radius 2 is 1.95 bits per heavy atom. The second kappa shape index (κ2) is 5.16. The molecule has 0 saturated heterocycles. The van der Waals surface area contributed by atoms with E-state index in [1.54, 1.807) is 11.3 Å². The lowest BCUT2D eigenvalue weighted by molar-refractivity contribution is 0.728. The third kappa shape index (κ3) is 2.55. The molecule has 0 aliphatic rings. The quantitative estimate of drug-likeness (QED) is 0.745. The van der Waals surface area contributed by atoms with Crippen LogP contribution in [0.2, 0.25) is 0 Å². The second-order valence-corrected chi connectivity index (χ2v) is 5.90. The Labute approximate surface area is 117 Å². The summed E-state index contributed by atoms with van der Waals surface area (Å²) in [5.41, 5.74) is 10.3. The van der Waals surface area contributed by atoms with Gasteiger partial charge in [-0.25, -0.2) is 0 Å². The van der Waals surface area contributed by atoms with Gasteiger partial charge in [-0.05, 0) is 41.3 Å². The molecule has 2 aromatic carbocycles. The highest BCUT2D eigenvalue weighted by Gasteiger charge is 2.11. The van der Waals surface area contributed by atoms with Gasteiger partial charge in [-0.2, -0.15) is 0 Å². The number of nitrogens with two attached hydrogens (primary N) is 1. The number of benzene rings is 2. The molecule has 0 amide bonds. The van der Waals surface area contributed by atoms with Gasteiger partial charge in [0.05, 0.1) is 0 Å². The second-order valence-electron chi connectivity index (χ2n) is 4.99. The first kappa shape index (κ1) is 12.4. The van der Waals surface area contributed by atoms with Gasteiger partial charge in [-0.3, -0.25) is 0 Å². The number of fused-ring (bicyclic) bond motifs is 1. The summed E-state index contributed by atoms with van der Waals surface area (Å²) in [5, 5.41) is 3.43. The van der Waals surface area contributed by atoms with Crippen LogP contribution in [0.1, 0.15) is 22.7 Å². The summed E-state index contributed by atoms with van der Waals surface area (Å²) >= 11 is 1.78. The zero-order chi connectivity index (χ0) is 13.2. The number of hydrogen-bond donors (Lipinski definition) is 1. The molecule has 1 atom stereocenters. The van der Waals surface area contributed by atoms with Crippen molar-refractivity contribution in [1.82, 2.24) is 0 Å². The summed E-state index contributed by atoms with van der Waals surface area (Å²) in [6.45, 7) is 2.12. The van der Waals surface area contributed by atoms with E-state index < -0.39 is 0 Å². The van der Waals surface area contributed by atoms with Crippen molar-refractivity contribution in [3.05, 3.63) is 70.6 Å². The Bertz CT molecular complexity index is 699. The molecule has 19 heavy (non-hydrogen) atoms. The molecule has 0 aliphatic carbocycles. The Kier molecular flexibility index (Phi) is 3.36. The molecule has 0 spiro atoms. The minimum atomic E-state index is 0.0594. The van der Waals surface area contributed by atoms with Crippen LogP contribution in [-0.4, -0.2) is 0 Å². The normalized spacial score (nSPS) is 12.7. The fraction of sp³-hybridized carbons (Fsp3) is 0.176. The van der Waals surface area contributed by atoms with Crippen LogP contribution in [0.3, 0.4) is 0 Å². The van der Waals surface area contributed by atoms with E-state index in [-0.39, 0.29) is 6.04 Å². The van der Waals surface area contributed by atoms with E-state index in [9.17, 15) is 0 Å². The molecule has 96 valence electrons. The first-order chi connectivity index (χ1) is 9.24. The highest BCUT2D eigenvalue weighted by Crippen LogP contribution is 2.29. The summed E-state index contributed by atoms with van der Waals surface area (Å²) in [4.78, 5) is 0. The Morgan fingerprint density at radius 1 is 1.11 bits per heavy atom. The van der Waals surface area contributed by atoms with Crippen molar-refractivity contribution in [2.24, 2.45) is 5.73 Å². The molecule has 0 bridgehead atoms. The van der Waals surface area contributed by atoms with Gasteiger partial charge in [0.15, 0.2) is 0 Å². The van der Waals surface area contributed by atoms with Crippen molar-refractivity contribution in [1.29, 1.82) is 0 Å². The molecule has 0 aliphatic heterocycles. The minimum Gasteiger partial charge on any atom is -0.324 e. The largest absolute Gasteiger partial charge is 0.324 e. The van der Waals surface area contributed by atoms with Gasteiger partial charge in [-0.1, -0.05) is 48.0 Å². The molecule has 0 saturated carbocycles. The molecule has 0 fully saturated rings. The molecule has 3 aromatic rings. The van der Waals surface area contributed by atoms with Gasteiger partial charge < -0.3 is 5.73 Å². The van der Waals surface area contributed by atoms with Gasteiger partial charge in [0.2, 0.25) is 0 Å². The molecule has 2 heteroatoms. The third-order valence-corrected chi connectivity index (χ3v) is 4.43. The van der Waals surface area contributed by atoms with Gasteiger partial charge in [-0.15, -0.1) is 11.3 Å². The van der Waals surface area contributed by atoms with E-state index in [4.69, 9.17) is 5.73 Å². The maximum atomic E-state index is 6.41. The van der Waals surface area contributed by atoms with Crippen molar-refractivity contribution in [3.8, 4) is 0 Å². The van der Waals surface area contributed by atoms with E-state index in [2.05, 4.69) is 60.8 Å². The van der Waals surface area contributed by atoms with Gasteiger partial charge >= 0.3 is 0 Å². The number of aryl methyl sites for hydroxylation is 1. The van der Waals surface area contributed by atoms with Crippen LogP contribution in [0.25, 0.3) is 10.1 Å². The predicted octanol–water partition coefficient (Wildman–Crippen LogP) is 4.45. The average Bonchev–Trinajstić information content (AvgIpc) is 2.86. The van der Waals surface area contributed by atoms with Crippen LogP contribution in [0.5, 0.6) is 0 Å². The number of thiophene rings is 1. The van der Waals surface area contributed by atoms with Crippen LogP contribution in [0, 0.1) is 6.92 Å². The van der Waals surface area contributed by atoms with E-state index in [1.165, 1.54) is 26.8 Å². The van der Waals surface area contributed by atoms with Crippen molar-refractivity contribution >= 4 is 21.4 Å². The zero-order valence-corrected chi connectivity index (χ0v) is 11.8. The highest BCUT2D eigenvalue weighted by molar-refractivity contribution is 7.17. The van der Waals surface area contributed by atoms with Crippen LogP contribution in [0.4, 0.5) is 0 Å². The van der Waals surface area contributed by atoms with Gasteiger partial charge in [0.25, 0.3) is 0 Å². The predicted molar refractivity (Wildman–Crippen MR) is 83.6 cm³/mol. The minimum absolute atomic E-state index is 0.0594. The maximum Gasteiger partial charge on any atom is 0.0390 e. The molecule has 3 rings (SSSR count). The van der Waals surface area contributed by atoms with Crippen LogP contribution < -0.4 is 5.73 Å². The lowest BCUT2D eigenvalue weighted by Crippen LogP contribution is -2.13. The maximum absolute atomic E-state index is 6.41. The SMILES string of the molecule is Cc1cccc(CC(N)c2cccc3ccsc23)c1. The van der Waals surface area contributed by atoms with E-state index in [1.807, 2.05) is 0 Å². The Hall–Kier alpha value is -1.64. The fourth-order valence-corrected chi connectivity index (χ4v) is 3.49. The lowest BCUT2D eigenvalue weighted by atomic mass is 9.98. The molecule has 2 N–H and O–H groups in total. The molecular weight excluding hydrogens is 250 g/mol. The molecular formula is C17H17NS. The summed E-state index contributed by atoms with van der Waals surface area (Å²) < 4.78 is 1.32. The van der Waals surface area contributed by atoms with E-state index in [0.717, 1.165) is 6.42 Å². The molecule has 1 nitrogen and oxygen atoms in total. The van der Waals surface area contributed by atoms with Crippen LogP contribution in [0.15, 0.2) is 53.9 Å².